The highest BCUT2D eigenvalue weighted by atomic mass is 32.2. The summed E-state index contributed by atoms with van der Waals surface area (Å²) in [6.07, 6.45) is 1.27. The van der Waals surface area contributed by atoms with Gasteiger partial charge in [-0.25, -0.2) is 13.2 Å². The van der Waals surface area contributed by atoms with Gasteiger partial charge in [-0.15, -0.1) is 0 Å². The van der Waals surface area contributed by atoms with Gasteiger partial charge in [0.1, 0.15) is 0 Å². The predicted molar refractivity (Wildman–Crippen MR) is 109 cm³/mol. The number of unbranched alkanes of at least 4 members (excludes halogenated alkanes) is 1. The molecule has 0 aliphatic heterocycles. The number of para-hydroxylation sites is 2. The van der Waals surface area contributed by atoms with Gasteiger partial charge >= 0.3 is 5.97 Å². The van der Waals surface area contributed by atoms with Crippen LogP contribution in [0, 0.1) is 0 Å². The van der Waals surface area contributed by atoms with E-state index in [0.29, 0.717) is 6.42 Å². The minimum atomic E-state index is -3.56. The van der Waals surface area contributed by atoms with Crippen LogP contribution >= 0.6 is 0 Å². The van der Waals surface area contributed by atoms with E-state index in [2.05, 4.69) is 10.0 Å². The number of carbonyl (C=O) groups is 2. The van der Waals surface area contributed by atoms with Gasteiger partial charge in [-0.1, -0.05) is 37.6 Å². The highest BCUT2D eigenvalue weighted by Crippen LogP contribution is 2.21. The first-order chi connectivity index (χ1) is 13.4. The Hall–Kier alpha value is -2.87. The number of rotatable bonds is 9. The van der Waals surface area contributed by atoms with Crippen LogP contribution in [0.1, 0.15) is 47.4 Å². The zero-order valence-electron chi connectivity index (χ0n) is 15.9. The third kappa shape index (κ3) is 5.82. The maximum atomic E-state index is 12.8. The maximum Gasteiger partial charge on any atom is 0.340 e. The summed E-state index contributed by atoms with van der Waals surface area (Å²) in [7, 11) is -3.56. The second kappa shape index (κ2) is 9.89. The average Bonchev–Trinajstić information content (AvgIpc) is 2.67. The molecule has 7 nitrogen and oxygen atoms in total. The van der Waals surface area contributed by atoms with E-state index in [0.717, 1.165) is 6.42 Å². The molecule has 0 unspecified atom stereocenters. The molecule has 2 aromatic carbocycles. The van der Waals surface area contributed by atoms with Crippen molar-refractivity contribution in [3.05, 3.63) is 59.7 Å². The van der Waals surface area contributed by atoms with Gasteiger partial charge in [0.2, 0.25) is 10.0 Å². The van der Waals surface area contributed by atoms with Gasteiger partial charge in [0.25, 0.3) is 5.91 Å². The lowest BCUT2D eigenvalue weighted by Gasteiger charge is -2.14. The van der Waals surface area contributed by atoms with Crippen LogP contribution in [0.4, 0.5) is 11.4 Å². The van der Waals surface area contributed by atoms with Gasteiger partial charge in [0.05, 0.1) is 34.9 Å². The Balaban J connectivity index is 2.26. The van der Waals surface area contributed by atoms with E-state index in [1.165, 1.54) is 12.1 Å². The Morgan fingerprint density at radius 2 is 1.54 bits per heavy atom. The summed E-state index contributed by atoms with van der Waals surface area (Å²) >= 11 is 0. The number of carbonyl (C=O) groups excluding carboxylic acids is 2. The molecular weight excluding hydrogens is 380 g/mol. The van der Waals surface area contributed by atoms with Crippen LogP contribution in [0.15, 0.2) is 48.5 Å². The third-order valence-electron chi connectivity index (χ3n) is 3.87. The van der Waals surface area contributed by atoms with Gasteiger partial charge in [0.15, 0.2) is 0 Å². The van der Waals surface area contributed by atoms with E-state index in [-0.39, 0.29) is 34.9 Å². The lowest BCUT2D eigenvalue weighted by atomic mass is 10.1. The summed E-state index contributed by atoms with van der Waals surface area (Å²) in [4.78, 5) is 24.8. The normalized spacial score (nSPS) is 10.9. The van der Waals surface area contributed by atoms with Crippen LogP contribution in [0.3, 0.4) is 0 Å². The van der Waals surface area contributed by atoms with Gasteiger partial charge < -0.3 is 10.1 Å². The van der Waals surface area contributed by atoms with Crippen molar-refractivity contribution in [2.45, 2.75) is 26.7 Å². The molecule has 0 bridgehead atoms. The van der Waals surface area contributed by atoms with Crippen LogP contribution in [0.5, 0.6) is 0 Å². The van der Waals surface area contributed by atoms with Crippen molar-refractivity contribution in [2.75, 3.05) is 22.4 Å². The van der Waals surface area contributed by atoms with E-state index in [9.17, 15) is 18.0 Å². The Labute approximate surface area is 165 Å². The number of sulfonamides is 1. The predicted octanol–water partition coefficient (Wildman–Crippen LogP) is 3.66. The molecule has 0 atom stereocenters. The van der Waals surface area contributed by atoms with E-state index in [4.69, 9.17) is 4.74 Å². The van der Waals surface area contributed by atoms with Gasteiger partial charge in [0, 0.05) is 0 Å². The number of esters is 1. The summed E-state index contributed by atoms with van der Waals surface area (Å²) in [6, 6.07) is 12.8. The summed E-state index contributed by atoms with van der Waals surface area (Å²) < 4.78 is 31.9. The average molecular weight is 404 g/mol. The molecule has 0 aliphatic carbocycles. The first-order valence-corrected chi connectivity index (χ1v) is 10.7. The van der Waals surface area contributed by atoms with Gasteiger partial charge in [-0.3, -0.25) is 9.52 Å². The number of amides is 1. The Morgan fingerprint density at radius 3 is 2.18 bits per heavy atom. The SMILES string of the molecule is CCCCS(=O)(=O)Nc1ccccc1C(=O)Nc1ccccc1C(=O)OCC. The number of benzene rings is 2. The molecule has 0 fully saturated rings. The smallest absolute Gasteiger partial charge is 0.340 e. The first kappa shape index (κ1) is 21.4. The van der Waals surface area contributed by atoms with E-state index >= 15 is 0 Å². The Kier molecular flexibility index (Phi) is 7.57. The molecule has 2 N–H and O–H groups in total. The van der Waals surface area contributed by atoms with Crippen LogP contribution in [0.2, 0.25) is 0 Å². The van der Waals surface area contributed by atoms with Crippen molar-refractivity contribution in [1.82, 2.24) is 0 Å². The Morgan fingerprint density at radius 1 is 0.929 bits per heavy atom. The Bertz CT molecular complexity index is 941. The topological polar surface area (TPSA) is 102 Å². The maximum absolute atomic E-state index is 12.8. The van der Waals surface area contributed by atoms with Crippen molar-refractivity contribution < 1.29 is 22.7 Å². The molecule has 0 aromatic heterocycles. The second-order valence-corrected chi connectivity index (χ2v) is 7.88. The molecule has 0 spiro atoms. The summed E-state index contributed by atoms with van der Waals surface area (Å²) in [5, 5.41) is 2.66. The van der Waals surface area contributed by atoms with Crippen molar-refractivity contribution in [3.63, 3.8) is 0 Å². The zero-order valence-corrected chi connectivity index (χ0v) is 16.7. The van der Waals surface area contributed by atoms with Gasteiger partial charge in [-0.05, 0) is 37.6 Å². The quantitative estimate of drug-likeness (QED) is 0.621. The molecule has 2 rings (SSSR count). The van der Waals surface area contributed by atoms with E-state index < -0.39 is 21.9 Å². The molecule has 150 valence electrons. The van der Waals surface area contributed by atoms with Crippen LogP contribution < -0.4 is 10.0 Å². The summed E-state index contributed by atoms with van der Waals surface area (Å²) in [6.45, 7) is 3.81. The summed E-state index contributed by atoms with van der Waals surface area (Å²) in [5.74, 6) is -1.11. The molecule has 2 aromatic rings. The highest BCUT2D eigenvalue weighted by molar-refractivity contribution is 7.92. The molecular formula is C20H24N2O5S. The zero-order chi connectivity index (χ0) is 20.6. The summed E-state index contributed by atoms with van der Waals surface area (Å²) in [5.41, 5.74) is 0.847. The molecule has 1 amide bonds. The lowest BCUT2D eigenvalue weighted by Crippen LogP contribution is -2.21. The third-order valence-corrected chi connectivity index (χ3v) is 5.23. The number of anilines is 2. The molecule has 0 saturated heterocycles. The number of hydrogen-bond acceptors (Lipinski definition) is 5. The number of hydrogen-bond donors (Lipinski definition) is 2. The van der Waals surface area contributed by atoms with Crippen molar-refractivity contribution in [1.29, 1.82) is 0 Å². The fourth-order valence-corrected chi connectivity index (χ4v) is 3.78. The number of nitrogens with one attached hydrogen (secondary N) is 2. The van der Waals surface area contributed by atoms with Crippen LogP contribution in [-0.2, 0) is 14.8 Å². The fourth-order valence-electron chi connectivity index (χ4n) is 2.49. The molecule has 0 heterocycles. The van der Waals surface area contributed by atoms with Crippen molar-refractivity contribution in [3.8, 4) is 0 Å². The molecule has 0 aliphatic rings. The van der Waals surface area contributed by atoms with Crippen molar-refractivity contribution in [2.24, 2.45) is 0 Å². The van der Waals surface area contributed by atoms with Crippen LogP contribution in [0.25, 0.3) is 0 Å². The molecule has 0 radical (unpaired) electrons. The van der Waals surface area contributed by atoms with Gasteiger partial charge in [-0.2, -0.15) is 0 Å². The van der Waals surface area contributed by atoms with Crippen LogP contribution in [-0.4, -0.2) is 32.7 Å². The number of ether oxygens (including phenoxy) is 1. The van der Waals surface area contributed by atoms with E-state index in [1.54, 1.807) is 43.3 Å². The first-order valence-electron chi connectivity index (χ1n) is 9.05. The molecule has 28 heavy (non-hydrogen) atoms. The fraction of sp³-hybridized carbons (Fsp3) is 0.300. The molecule has 0 saturated carbocycles. The van der Waals surface area contributed by atoms with E-state index in [1.807, 2.05) is 6.92 Å². The minimum Gasteiger partial charge on any atom is -0.462 e. The monoisotopic (exact) mass is 404 g/mol. The minimum absolute atomic E-state index is 0.0227. The second-order valence-electron chi connectivity index (χ2n) is 6.04. The lowest BCUT2D eigenvalue weighted by molar-refractivity contribution is 0.0527. The molecule has 8 heteroatoms. The standard InChI is InChI=1S/C20H24N2O5S/c1-3-5-14-28(25,26)22-18-13-9-6-10-15(18)19(23)21-17-12-8-7-11-16(17)20(24)27-4-2/h6-13,22H,3-5,14H2,1-2H3,(H,21,23). The van der Waals surface area contributed by atoms with Crippen molar-refractivity contribution >= 4 is 33.3 Å². The highest BCUT2D eigenvalue weighted by Gasteiger charge is 2.19. The largest absolute Gasteiger partial charge is 0.462 e.